The molecule has 0 fully saturated rings. The van der Waals surface area contributed by atoms with Gasteiger partial charge in [0.2, 0.25) is 0 Å². The second-order valence-electron chi connectivity index (χ2n) is 0. The molecule has 0 rings (SSSR count). The van der Waals surface area contributed by atoms with Gasteiger partial charge in [0.15, 0.2) is 0 Å². The van der Waals surface area contributed by atoms with E-state index in [1.165, 1.54) is 0 Å². The van der Waals surface area contributed by atoms with E-state index in [9.17, 15) is 0 Å². The first-order chi connectivity index (χ1) is 0. The number of rotatable bonds is 0. The van der Waals surface area contributed by atoms with Gasteiger partial charge in [-0.3, -0.25) is 0 Å². The highest BCUT2D eigenvalue weighted by molar-refractivity contribution is 2.51. The average Bonchev–Trinajstić information content (AvgIpc) is 0. The molecule has 0 radical (unpaired) electrons. The molecular weight excluding hydrogens is 184 g/mol. The topological polar surface area (TPSA) is 220 Å². The largest absolute Gasteiger partial charge is 0.412 e. The van der Waals surface area contributed by atoms with Crippen LogP contribution in [0, 0.1) is 0 Å². The lowest BCUT2D eigenvalue weighted by molar-refractivity contribution is 0.823. The van der Waals surface area contributed by atoms with Crippen LogP contribution in [-0.4, -0.2) is 38.3 Å². The third-order valence-electron chi connectivity index (χ3n) is 0. The highest BCUT2D eigenvalue weighted by Gasteiger charge is -0.0724. The van der Waals surface area contributed by atoms with Crippen LogP contribution in [0.2, 0.25) is 0 Å². The Morgan fingerprint density at radius 3 is 0.154 bits per heavy atom. The molecule has 0 aromatic carbocycles. The van der Waals surface area contributed by atoms with Crippen LogP contribution in [-0.2, 0) is 0 Å². The Morgan fingerprint density at radius 2 is 0.154 bits per heavy atom. The quantitative estimate of drug-likeness (QED) is 0.435. The zero-order chi connectivity index (χ0) is 0. The Hall–Kier alpha value is -0.280. The zero-order valence-corrected chi connectivity index (χ0v) is 3.50. The van der Waals surface area contributed by atoms with Gasteiger partial charge in [-0.2, -0.15) is 0 Å². The first kappa shape index (κ1) is 22300. The van der Waals surface area contributed by atoms with E-state index in [-0.39, 0.29) is 82.9 Å². The van der Waals surface area contributed by atoms with Crippen LogP contribution in [0.1, 0.15) is 44.6 Å². The van der Waals surface area contributed by atoms with Gasteiger partial charge in [0.05, 0.1) is 0 Å². The maximum Gasteiger partial charge on any atom is -0.0776 e. The highest BCUT2D eigenvalue weighted by atomic mass is 16.0. The summed E-state index contributed by atoms with van der Waals surface area (Å²) in [7, 11) is 0. The summed E-state index contributed by atoms with van der Waals surface area (Å²) in [6.45, 7) is 0. The minimum absolute atomic E-state index is 0. The van der Waals surface area contributed by atoms with Gasteiger partial charge in [0, 0.05) is 0 Å². The maximum absolute atomic E-state index is 0. The molecule has 0 aromatic rings. The van der Waals surface area contributed by atoms with Gasteiger partial charge in [-0.05, 0) is 0 Å². The molecule has 14 N–H and O–H groups in total. The smallest absolute Gasteiger partial charge is 0.0776 e. The second-order valence-corrected chi connectivity index (χ2v) is 0. The van der Waals surface area contributed by atoms with Gasteiger partial charge in [0.1, 0.15) is 0 Å². The Balaban J connectivity index is 0. The Morgan fingerprint density at radius 1 is 0.154 bits per heavy atom. The van der Waals surface area contributed by atoms with Crippen molar-refractivity contribution in [3.8, 4) is 0 Å². The summed E-state index contributed by atoms with van der Waals surface area (Å²) in [4.78, 5) is 0. The molecule has 0 saturated heterocycles. The molecule has 0 unspecified atom stereocenters. The molecule has 7 nitrogen and oxygen atoms in total. The molecule has 0 saturated carbocycles. The molecule has 0 bridgehead atoms. The van der Waals surface area contributed by atoms with Crippen molar-refractivity contribution in [1.29, 1.82) is 0 Å². The van der Waals surface area contributed by atoms with Crippen molar-refractivity contribution in [1.82, 2.24) is 0 Å². The Bertz CT molecular complexity index is 12.9. The average molecular weight is 222 g/mol. The third kappa shape index (κ3) is 14100. The SMILES string of the molecule is C.C.C.C.C.C.O.O.O.O.O.O.O. The summed E-state index contributed by atoms with van der Waals surface area (Å²) in [5, 5.41) is 0. The van der Waals surface area contributed by atoms with Crippen LogP contribution >= 0.6 is 0 Å². The molecule has 0 atom stereocenters. The van der Waals surface area contributed by atoms with Crippen LogP contribution in [0.5, 0.6) is 0 Å². The minimum Gasteiger partial charge on any atom is -0.412 e. The summed E-state index contributed by atoms with van der Waals surface area (Å²) in [6.07, 6.45) is 0. The molecule has 0 spiro atoms. The maximum atomic E-state index is 0. The molecular formula is C6H38O7. The van der Waals surface area contributed by atoms with Crippen molar-refractivity contribution < 1.29 is 38.3 Å². The van der Waals surface area contributed by atoms with Gasteiger partial charge >= 0.3 is 0 Å². The summed E-state index contributed by atoms with van der Waals surface area (Å²) in [6, 6.07) is 0. The first-order valence-electron chi connectivity index (χ1n) is 0. The minimum atomic E-state index is 0. The van der Waals surface area contributed by atoms with Crippen molar-refractivity contribution in [2.75, 3.05) is 0 Å². The summed E-state index contributed by atoms with van der Waals surface area (Å²) in [5.74, 6) is 0. The summed E-state index contributed by atoms with van der Waals surface area (Å²) >= 11 is 0. The standard InChI is InChI=1S/6CH4.7H2O/h6*1H4;7*1H2. The summed E-state index contributed by atoms with van der Waals surface area (Å²) < 4.78 is 0. The summed E-state index contributed by atoms with van der Waals surface area (Å²) in [5.41, 5.74) is 0. The van der Waals surface area contributed by atoms with Crippen LogP contribution in [0.3, 0.4) is 0 Å². The van der Waals surface area contributed by atoms with Gasteiger partial charge < -0.3 is 38.3 Å². The molecule has 0 amide bonds. The predicted molar refractivity (Wildman–Crippen MR) is 65.7 cm³/mol. The Labute approximate surface area is 84.0 Å². The normalized spacial score (nSPS) is 0. The molecule has 0 aromatic heterocycles. The lowest BCUT2D eigenvalue weighted by Gasteiger charge is -0.413. The van der Waals surface area contributed by atoms with Gasteiger partial charge in [-0.25, -0.2) is 0 Å². The van der Waals surface area contributed by atoms with Gasteiger partial charge in [0.25, 0.3) is 0 Å². The van der Waals surface area contributed by atoms with Crippen molar-refractivity contribution in [2.45, 2.75) is 44.6 Å². The van der Waals surface area contributed by atoms with E-state index in [2.05, 4.69) is 0 Å². The van der Waals surface area contributed by atoms with Crippen LogP contribution in [0.4, 0.5) is 0 Å². The van der Waals surface area contributed by atoms with Gasteiger partial charge in [-0.1, -0.05) is 44.6 Å². The predicted octanol–water partition coefficient (Wildman–Crippen LogP) is -1.96. The van der Waals surface area contributed by atoms with E-state index in [0.717, 1.165) is 0 Å². The van der Waals surface area contributed by atoms with E-state index in [4.69, 9.17) is 0 Å². The molecule has 0 aliphatic rings. The molecule has 0 heterocycles. The van der Waals surface area contributed by atoms with E-state index < -0.39 is 0 Å². The van der Waals surface area contributed by atoms with Gasteiger partial charge in [-0.15, -0.1) is 0 Å². The number of hydrogen-bond donors (Lipinski definition) is 0. The lowest BCUT2D eigenvalue weighted by atomic mass is 12.0. The molecule has 13 heavy (non-hydrogen) atoms. The van der Waals surface area contributed by atoms with Crippen molar-refractivity contribution in [3.63, 3.8) is 0 Å². The Kier molecular flexibility index (Phi) is 29400000. The van der Waals surface area contributed by atoms with E-state index in [1.807, 2.05) is 0 Å². The monoisotopic (exact) mass is 222 g/mol. The fraction of sp³-hybridized carbons (Fsp3) is 1.00. The van der Waals surface area contributed by atoms with Crippen LogP contribution < -0.4 is 0 Å². The van der Waals surface area contributed by atoms with E-state index in [1.54, 1.807) is 0 Å². The number of hydrogen-bond acceptors (Lipinski definition) is 0. The fourth-order valence-corrected chi connectivity index (χ4v) is 0. The molecule has 0 aliphatic heterocycles. The van der Waals surface area contributed by atoms with Crippen LogP contribution in [0.15, 0.2) is 0 Å². The zero-order valence-electron chi connectivity index (χ0n) is 3.50. The van der Waals surface area contributed by atoms with Crippen LogP contribution in [0.25, 0.3) is 0 Å². The van der Waals surface area contributed by atoms with Crippen molar-refractivity contribution in [3.05, 3.63) is 0 Å². The van der Waals surface area contributed by atoms with E-state index >= 15 is 0 Å². The second kappa shape index (κ2) is 17200. The fourth-order valence-electron chi connectivity index (χ4n) is 0. The lowest BCUT2D eigenvalue weighted by Crippen LogP contribution is -0.290. The first-order valence-corrected chi connectivity index (χ1v) is 0. The van der Waals surface area contributed by atoms with Crippen molar-refractivity contribution in [2.24, 2.45) is 0 Å². The third-order valence-corrected chi connectivity index (χ3v) is 0. The van der Waals surface area contributed by atoms with Crippen molar-refractivity contribution >= 4 is 0 Å². The molecule has 104 valence electrons. The van der Waals surface area contributed by atoms with E-state index in [0.29, 0.717) is 0 Å². The molecule has 7 heteroatoms. The molecule has 0 aliphatic carbocycles. The highest BCUT2D eigenvalue weighted by Crippen LogP contribution is 0.149.